The van der Waals surface area contributed by atoms with E-state index in [1.54, 1.807) is 0 Å². The van der Waals surface area contributed by atoms with E-state index >= 15 is 0 Å². The van der Waals surface area contributed by atoms with Crippen LogP contribution >= 0.6 is 0 Å². The second-order valence-electron chi connectivity index (χ2n) is 4.81. The zero-order valence-electron chi connectivity index (χ0n) is 11.2. The highest BCUT2D eigenvalue weighted by Gasteiger charge is 2.17. The van der Waals surface area contributed by atoms with Gasteiger partial charge in [-0.15, -0.1) is 0 Å². The van der Waals surface area contributed by atoms with Crippen LogP contribution in [0.25, 0.3) is 0 Å². The summed E-state index contributed by atoms with van der Waals surface area (Å²) in [7, 11) is 0. The largest absolute Gasteiger partial charge is 0.392 e. The third-order valence-corrected chi connectivity index (χ3v) is 3.12. The van der Waals surface area contributed by atoms with Crippen LogP contribution in [0.15, 0.2) is 30.3 Å². The monoisotopic (exact) mass is 249 g/mol. The molecule has 0 heterocycles. The summed E-state index contributed by atoms with van der Waals surface area (Å²) in [6, 6.07) is 9.32. The Bertz CT molecular complexity index is 351. The zero-order valence-corrected chi connectivity index (χ0v) is 11.2. The number of aliphatic hydroxyl groups is 1. The van der Waals surface area contributed by atoms with Crippen molar-refractivity contribution in [2.45, 2.75) is 45.6 Å². The van der Waals surface area contributed by atoms with Gasteiger partial charge in [0.25, 0.3) is 0 Å². The maximum atomic E-state index is 11.7. The molecule has 2 atom stereocenters. The highest BCUT2D eigenvalue weighted by molar-refractivity contribution is 5.90. The van der Waals surface area contributed by atoms with Gasteiger partial charge < -0.3 is 10.4 Å². The van der Waals surface area contributed by atoms with Crippen LogP contribution in [-0.4, -0.2) is 17.1 Å². The number of rotatable bonds is 7. The average molecular weight is 249 g/mol. The molecular formula is C15H23NO2. The molecule has 0 unspecified atom stereocenters. The SMILES string of the molecule is CCCC[C@H](C)[C@H](O)CC(=O)Nc1ccccc1. The number of carbonyl (C=O) groups is 1. The molecule has 0 spiro atoms. The fraction of sp³-hybridized carbons (Fsp3) is 0.533. The molecule has 0 aromatic heterocycles. The van der Waals surface area contributed by atoms with E-state index in [2.05, 4.69) is 12.2 Å². The number of unbranched alkanes of at least 4 members (excludes halogenated alkanes) is 1. The van der Waals surface area contributed by atoms with Crippen molar-refractivity contribution in [3.63, 3.8) is 0 Å². The Morgan fingerprint density at radius 1 is 1.33 bits per heavy atom. The summed E-state index contributed by atoms with van der Waals surface area (Å²) in [6.07, 6.45) is 2.79. The average Bonchev–Trinajstić information content (AvgIpc) is 2.36. The molecule has 1 rings (SSSR count). The Balaban J connectivity index is 2.35. The molecule has 1 aromatic carbocycles. The fourth-order valence-corrected chi connectivity index (χ4v) is 1.84. The number of carbonyl (C=O) groups excluding carboxylic acids is 1. The van der Waals surface area contributed by atoms with Gasteiger partial charge in [0, 0.05) is 5.69 Å². The summed E-state index contributed by atoms with van der Waals surface area (Å²) in [6.45, 7) is 4.12. The lowest BCUT2D eigenvalue weighted by atomic mass is 9.96. The molecular weight excluding hydrogens is 226 g/mol. The molecule has 0 radical (unpaired) electrons. The van der Waals surface area contributed by atoms with Gasteiger partial charge in [-0.2, -0.15) is 0 Å². The van der Waals surface area contributed by atoms with Gasteiger partial charge >= 0.3 is 0 Å². The van der Waals surface area contributed by atoms with Gasteiger partial charge in [-0.3, -0.25) is 4.79 Å². The van der Waals surface area contributed by atoms with Gasteiger partial charge in [-0.25, -0.2) is 0 Å². The number of para-hydroxylation sites is 1. The molecule has 3 heteroatoms. The molecule has 3 nitrogen and oxygen atoms in total. The molecule has 0 aliphatic carbocycles. The van der Waals surface area contributed by atoms with Gasteiger partial charge in [0.15, 0.2) is 0 Å². The van der Waals surface area contributed by atoms with Crippen molar-refractivity contribution in [3.05, 3.63) is 30.3 Å². The van der Waals surface area contributed by atoms with Gasteiger partial charge in [0.05, 0.1) is 12.5 Å². The Morgan fingerprint density at radius 3 is 2.61 bits per heavy atom. The third-order valence-electron chi connectivity index (χ3n) is 3.12. The smallest absolute Gasteiger partial charge is 0.226 e. The van der Waals surface area contributed by atoms with Crippen LogP contribution in [0.2, 0.25) is 0 Å². The van der Waals surface area contributed by atoms with E-state index < -0.39 is 6.10 Å². The van der Waals surface area contributed by atoms with Crippen molar-refractivity contribution < 1.29 is 9.90 Å². The number of benzene rings is 1. The lowest BCUT2D eigenvalue weighted by molar-refractivity contribution is -0.118. The van der Waals surface area contributed by atoms with Crippen LogP contribution in [0.4, 0.5) is 5.69 Å². The normalized spacial score (nSPS) is 13.9. The minimum Gasteiger partial charge on any atom is -0.392 e. The Hall–Kier alpha value is -1.35. The van der Waals surface area contributed by atoms with Gasteiger partial charge in [0.1, 0.15) is 0 Å². The van der Waals surface area contributed by atoms with Crippen LogP contribution in [0, 0.1) is 5.92 Å². The quantitative estimate of drug-likeness (QED) is 0.779. The van der Waals surface area contributed by atoms with E-state index in [1.807, 2.05) is 37.3 Å². The second kappa shape index (κ2) is 7.88. The number of anilines is 1. The van der Waals surface area contributed by atoms with E-state index in [-0.39, 0.29) is 18.2 Å². The molecule has 18 heavy (non-hydrogen) atoms. The molecule has 0 aliphatic rings. The van der Waals surface area contributed by atoms with Crippen molar-refractivity contribution in [3.8, 4) is 0 Å². The summed E-state index contributed by atoms with van der Waals surface area (Å²) in [4.78, 5) is 11.7. The highest BCUT2D eigenvalue weighted by Crippen LogP contribution is 2.15. The highest BCUT2D eigenvalue weighted by atomic mass is 16.3. The second-order valence-corrected chi connectivity index (χ2v) is 4.81. The number of aliphatic hydroxyl groups excluding tert-OH is 1. The molecule has 1 amide bonds. The van der Waals surface area contributed by atoms with Gasteiger partial charge in [-0.05, 0) is 24.5 Å². The van der Waals surface area contributed by atoms with E-state index in [9.17, 15) is 9.90 Å². The van der Waals surface area contributed by atoms with E-state index in [0.717, 1.165) is 24.9 Å². The number of nitrogens with one attached hydrogen (secondary N) is 1. The third kappa shape index (κ3) is 5.32. The lowest BCUT2D eigenvalue weighted by Crippen LogP contribution is -2.25. The predicted octanol–water partition coefficient (Wildman–Crippen LogP) is 3.20. The summed E-state index contributed by atoms with van der Waals surface area (Å²) < 4.78 is 0. The summed E-state index contributed by atoms with van der Waals surface area (Å²) in [5.74, 6) is 0.0449. The first kappa shape index (κ1) is 14.7. The standard InChI is InChI=1S/C15H23NO2/c1-3-4-8-12(2)14(17)11-15(18)16-13-9-6-5-7-10-13/h5-7,9-10,12,14,17H,3-4,8,11H2,1-2H3,(H,16,18)/t12-,14+/m0/s1. The Morgan fingerprint density at radius 2 is 2.00 bits per heavy atom. The molecule has 0 saturated heterocycles. The predicted molar refractivity (Wildman–Crippen MR) is 74.4 cm³/mol. The summed E-state index contributed by atoms with van der Waals surface area (Å²) >= 11 is 0. The topological polar surface area (TPSA) is 49.3 Å². The first-order valence-corrected chi connectivity index (χ1v) is 6.66. The van der Waals surface area contributed by atoms with E-state index in [4.69, 9.17) is 0 Å². The molecule has 100 valence electrons. The fourth-order valence-electron chi connectivity index (χ4n) is 1.84. The van der Waals surface area contributed by atoms with Crippen LogP contribution in [0.5, 0.6) is 0 Å². The summed E-state index contributed by atoms with van der Waals surface area (Å²) in [5.41, 5.74) is 0.774. The molecule has 0 aliphatic heterocycles. The van der Waals surface area contributed by atoms with Crippen molar-refractivity contribution >= 4 is 11.6 Å². The molecule has 1 aromatic rings. The van der Waals surface area contributed by atoms with E-state index in [0.29, 0.717) is 0 Å². The Kier molecular flexibility index (Phi) is 6.44. The number of amides is 1. The Labute approximate surface area is 109 Å². The lowest BCUT2D eigenvalue weighted by Gasteiger charge is -2.18. The van der Waals surface area contributed by atoms with Crippen molar-refractivity contribution in [1.29, 1.82) is 0 Å². The van der Waals surface area contributed by atoms with Crippen molar-refractivity contribution in [2.24, 2.45) is 5.92 Å². The van der Waals surface area contributed by atoms with Crippen LogP contribution in [0.1, 0.15) is 39.5 Å². The van der Waals surface area contributed by atoms with Crippen LogP contribution in [0.3, 0.4) is 0 Å². The maximum Gasteiger partial charge on any atom is 0.226 e. The van der Waals surface area contributed by atoms with Crippen molar-refractivity contribution in [2.75, 3.05) is 5.32 Å². The number of hydrogen-bond donors (Lipinski definition) is 2. The van der Waals surface area contributed by atoms with Gasteiger partial charge in [0.2, 0.25) is 5.91 Å². The minimum atomic E-state index is -0.555. The van der Waals surface area contributed by atoms with Crippen LogP contribution < -0.4 is 5.32 Å². The summed E-state index contributed by atoms with van der Waals surface area (Å²) in [5, 5.41) is 12.7. The molecule has 0 bridgehead atoms. The van der Waals surface area contributed by atoms with Gasteiger partial charge in [-0.1, -0.05) is 44.9 Å². The molecule has 0 saturated carbocycles. The molecule has 0 fully saturated rings. The first-order chi connectivity index (χ1) is 8.63. The maximum absolute atomic E-state index is 11.7. The minimum absolute atomic E-state index is 0.128. The van der Waals surface area contributed by atoms with E-state index in [1.165, 1.54) is 0 Å². The van der Waals surface area contributed by atoms with Crippen molar-refractivity contribution in [1.82, 2.24) is 0 Å². The molecule has 2 N–H and O–H groups in total. The number of hydrogen-bond acceptors (Lipinski definition) is 2. The first-order valence-electron chi connectivity index (χ1n) is 6.66. The zero-order chi connectivity index (χ0) is 13.4. The van der Waals surface area contributed by atoms with Crippen LogP contribution in [-0.2, 0) is 4.79 Å².